The van der Waals surface area contributed by atoms with Gasteiger partial charge in [0.2, 0.25) is 0 Å². The van der Waals surface area contributed by atoms with E-state index in [1.165, 1.54) is 0 Å². The van der Waals surface area contributed by atoms with Gasteiger partial charge in [0.05, 0.1) is 16.3 Å². The van der Waals surface area contributed by atoms with E-state index >= 15 is 0 Å². The molecular weight excluding hydrogens is 255 g/mol. The van der Waals surface area contributed by atoms with Crippen LogP contribution in [-0.2, 0) is 0 Å². The molecule has 4 heteroatoms. The third-order valence-electron chi connectivity index (χ3n) is 2.23. The average molecular weight is 263 g/mol. The van der Waals surface area contributed by atoms with E-state index in [0.29, 0.717) is 21.3 Å². The Hall–Kier alpha value is -1.69. The van der Waals surface area contributed by atoms with Crippen molar-refractivity contribution in [3.8, 4) is 6.07 Å². The van der Waals surface area contributed by atoms with Crippen LogP contribution in [0, 0.1) is 11.3 Å². The first-order valence-corrected chi connectivity index (χ1v) is 5.67. The van der Waals surface area contributed by atoms with E-state index in [-0.39, 0.29) is 0 Å². The summed E-state index contributed by atoms with van der Waals surface area (Å²) in [4.78, 5) is 0. The third kappa shape index (κ3) is 2.71. The second-order valence-corrected chi connectivity index (χ2v) is 4.25. The number of nitrogens with zero attached hydrogens (tertiary/aromatic N) is 1. The van der Waals surface area contributed by atoms with Gasteiger partial charge in [-0.15, -0.1) is 0 Å². The molecule has 1 N–H and O–H groups in total. The first-order chi connectivity index (χ1) is 8.20. The highest BCUT2D eigenvalue weighted by molar-refractivity contribution is 6.32. The van der Waals surface area contributed by atoms with Crippen LogP contribution in [0.15, 0.2) is 42.5 Å². The summed E-state index contributed by atoms with van der Waals surface area (Å²) in [5, 5.41) is 13.2. The van der Waals surface area contributed by atoms with E-state index in [4.69, 9.17) is 28.5 Å². The molecule has 0 radical (unpaired) electrons. The number of nitriles is 1. The molecule has 2 rings (SSSR count). The zero-order valence-electron chi connectivity index (χ0n) is 8.74. The van der Waals surface area contributed by atoms with E-state index in [1.807, 2.05) is 12.1 Å². The zero-order valence-corrected chi connectivity index (χ0v) is 10.3. The first kappa shape index (κ1) is 11.8. The molecule has 0 aromatic heterocycles. The van der Waals surface area contributed by atoms with Crippen LogP contribution in [0.25, 0.3) is 0 Å². The number of halogens is 2. The minimum absolute atomic E-state index is 0.425. The fourth-order valence-electron chi connectivity index (χ4n) is 1.46. The van der Waals surface area contributed by atoms with Crippen LogP contribution < -0.4 is 5.32 Å². The lowest BCUT2D eigenvalue weighted by Gasteiger charge is -2.09. The van der Waals surface area contributed by atoms with Crippen LogP contribution in [0.4, 0.5) is 11.4 Å². The van der Waals surface area contributed by atoms with Crippen LogP contribution in [0.2, 0.25) is 10.0 Å². The summed E-state index contributed by atoms with van der Waals surface area (Å²) in [6, 6.07) is 14.6. The maximum atomic E-state index is 9.03. The smallest absolute Gasteiger partial charge is 0.103 e. The molecule has 2 nitrogen and oxygen atoms in total. The predicted octanol–water partition coefficient (Wildman–Crippen LogP) is 4.61. The zero-order chi connectivity index (χ0) is 12.3. The Bertz CT molecular complexity index is 588. The van der Waals surface area contributed by atoms with Crippen molar-refractivity contribution in [3.05, 3.63) is 58.1 Å². The topological polar surface area (TPSA) is 35.8 Å². The van der Waals surface area contributed by atoms with Crippen molar-refractivity contribution in [1.29, 1.82) is 5.26 Å². The maximum Gasteiger partial charge on any atom is 0.103 e. The van der Waals surface area contributed by atoms with Crippen LogP contribution in [0.5, 0.6) is 0 Å². The molecule has 0 saturated heterocycles. The molecule has 0 aliphatic rings. The third-order valence-corrected chi connectivity index (χ3v) is 2.78. The van der Waals surface area contributed by atoms with E-state index in [0.717, 1.165) is 5.69 Å². The van der Waals surface area contributed by atoms with Crippen molar-refractivity contribution in [2.24, 2.45) is 0 Å². The highest BCUT2D eigenvalue weighted by Gasteiger charge is 2.06. The summed E-state index contributed by atoms with van der Waals surface area (Å²) in [6.45, 7) is 0. The molecule has 0 aliphatic heterocycles. The van der Waals surface area contributed by atoms with Crippen LogP contribution in [0.1, 0.15) is 5.56 Å². The second-order valence-electron chi connectivity index (χ2n) is 3.41. The molecule has 2 aromatic rings. The van der Waals surface area contributed by atoms with Gasteiger partial charge < -0.3 is 5.32 Å². The lowest BCUT2D eigenvalue weighted by Crippen LogP contribution is -1.93. The Labute approximate surface area is 109 Å². The maximum absolute atomic E-state index is 9.03. The summed E-state index contributed by atoms with van der Waals surface area (Å²) in [7, 11) is 0. The summed E-state index contributed by atoms with van der Waals surface area (Å²) < 4.78 is 0. The van der Waals surface area contributed by atoms with Gasteiger partial charge in [-0.1, -0.05) is 35.3 Å². The number of nitrogens with one attached hydrogen (secondary N) is 1. The van der Waals surface area contributed by atoms with E-state index in [9.17, 15) is 0 Å². The molecule has 0 spiro atoms. The molecule has 0 bridgehead atoms. The molecule has 17 heavy (non-hydrogen) atoms. The quantitative estimate of drug-likeness (QED) is 0.858. The predicted molar refractivity (Wildman–Crippen MR) is 70.9 cm³/mol. The highest BCUT2D eigenvalue weighted by Crippen LogP contribution is 2.27. The van der Waals surface area contributed by atoms with Crippen molar-refractivity contribution < 1.29 is 0 Å². The van der Waals surface area contributed by atoms with Gasteiger partial charge in [0.25, 0.3) is 0 Å². The minimum Gasteiger partial charge on any atom is -0.354 e. The monoisotopic (exact) mass is 262 g/mol. The highest BCUT2D eigenvalue weighted by atomic mass is 35.5. The minimum atomic E-state index is 0.425. The summed E-state index contributed by atoms with van der Waals surface area (Å²) >= 11 is 11.8. The molecule has 0 aliphatic carbocycles. The molecule has 0 atom stereocenters. The Kier molecular flexibility index (Phi) is 3.53. The Balaban J connectivity index is 2.37. The standard InChI is InChI=1S/C13H8Cl2N2/c14-9-3-1-4-10(7-9)17-13-6-2-5-12(15)11(13)8-16/h1-7,17H. The van der Waals surface area contributed by atoms with Gasteiger partial charge in [0.1, 0.15) is 6.07 Å². The van der Waals surface area contributed by atoms with E-state index in [2.05, 4.69) is 11.4 Å². The Morgan fingerprint density at radius 2 is 1.82 bits per heavy atom. The van der Waals surface area contributed by atoms with Gasteiger partial charge in [-0.3, -0.25) is 0 Å². The first-order valence-electron chi connectivity index (χ1n) is 4.92. The van der Waals surface area contributed by atoms with Gasteiger partial charge in [0, 0.05) is 10.7 Å². The van der Waals surface area contributed by atoms with E-state index < -0.39 is 0 Å². The normalized spacial score (nSPS) is 9.71. The number of anilines is 2. The van der Waals surface area contributed by atoms with Gasteiger partial charge in [-0.2, -0.15) is 5.26 Å². The lowest BCUT2D eigenvalue weighted by atomic mass is 10.2. The number of hydrogen-bond acceptors (Lipinski definition) is 2. The summed E-state index contributed by atoms with van der Waals surface area (Å²) in [5.74, 6) is 0. The SMILES string of the molecule is N#Cc1c(Cl)cccc1Nc1cccc(Cl)c1. The van der Waals surface area contributed by atoms with Gasteiger partial charge >= 0.3 is 0 Å². The fourth-order valence-corrected chi connectivity index (χ4v) is 1.87. The Morgan fingerprint density at radius 1 is 1.06 bits per heavy atom. The summed E-state index contributed by atoms with van der Waals surface area (Å²) in [6.07, 6.45) is 0. The van der Waals surface area contributed by atoms with Crippen LogP contribution in [0.3, 0.4) is 0 Å². The molecule has 84 valence electrons. The molecule has 0 saturated carbocycles. The van der Waals surface area contributed by atoms with Crippen molar-refractivity contribution in [1.82, 2.24) is 0 Å². The van der Waals surface area contributed by atoms with E-state index in [1.54, 1.807) is 30.3 Å². The fraction of sp³-hybridized carbons (Fsp3) is 0. The molecule has 0 fully saturated rings. The lowest BCUT2D eigenvalue weighted by molar-refractivity contribution is 1.46. The summed E-state index contributed by atoms with van der Waals surface area (Å²) in [5.41, 5.74) is 1.91. The van der Waals surface area contributed by atoms with Crippen molar-refractivity contribution in [2.45, 2.75) is 0 Å². The largest absolute Gasteiger partial charge is 0.354 e. The number of benzene rings is 2. The molecule has 0 unspecified atom stereocenters. The van der Waals surface area contributed by atoms with Gasteiger partial charge in [0.15, 0.2) is 0 Å². The van der Waals surface area contributed by atoms with Gasteiger partial charge in [-0.05, 0) is 30.3 Å². The number of hydrogen-bond donors (Lipinski definition) is 1. The average Bonchev–Trinajstić information content (AvgIpc) is 2.29. The van der Waals surface area contributed by atoms with Crippen molar-refractivity contribution in [2.75, 3.05) is 5.32 Å². The Morgan fingerprint density at radius 3 is 2.53 bits per heavy atom. The van der Waals surface area contributed by atoms with Crippen molar-refractivity contribution in [3.63, 3.8) is 0 Å². The van der Waals surface area contributed by atoms with Gasteiger partial charge in [-0.25, -0.2) is 0 Å². The molecule has 2 aromatic carbocycles. The molecular formula is C13H8Cl2N2. The van der Waals surface area contributed by atoms with Crippen LogP contribution in [-0.4, -0.2) is 0 Å². The second kappa shape index (κ2) is 5.09. The molecule has 0 amide bonds. The number of rotatable bonds is 2. The van der Waals surface area contributed by atoms with Crippen molar-refractivity contribution >= 4 is 34.6 Å². The molecule has 0 heterocycles. The van der Waals surface area contributed by atoms with Crippen LogP contribution >= 0.6 is 23.2 Å².